The molecule has 0 aliphatic rings. The number of benzene rings is 1. The fraction of sp³-hybridized carbons (Fsp3) is 0.538. The van der Waals surface area contributed by atoms with Gasteiger partial charge in [-0.15, -0.1) is 0 Å². The zero-order valence-electron chi connectivity index (χ0n) is 10.9. The van der Waals surface area contributed by atoms with Crippen molar-refractivity contribution in [2.75, 3.05) is 5.32 Å². The Balaban J connectivity index is 2.95. The Morgan fingerprint density at radius 1 is 1.35 bits per heavy atom. The summed E-state index contributed by atoms with van der Waals surface area (Å²) in [6.45, 7) is 8.19. The van der Waals surface area contributed by atoms with Crippen LogP contribution >= 0.6 is 0 Å². The highest BCUT2D eigenvalue weighted by atomic mass is 16.6. The van der Waals surface area contributed by atoms with E-state index in [0.717, 1.165) is 18.5 Å². The lowest BCUT2D eigenvalue weighted by molar-refractivity contribution is -0.385. The topological polar surface area (TPSA) is 55.2 Å². The van der Waals surface area contributed by atoms with Gasteiger partial charge in [0.2, 0.25) is 0 Å². The fourth-order valence-corrected chi connectivity index (χ4v) is 1.71. The molecule has 0 fully saturated rings. The third-order valence-corrected chi connectivity index (χ3v) is 3.40. The zero-order valence-corrected chi connectivity index (χ0v) is 10.9. The Morgan fingerprint density at radius 3 is 2.35 bits per heavy atom. The molecule has 0 amide bonds. The van der Waals surface area contributed by atoms with E-state index in [1.165, 1.54) is 0 Å². The third kappa shape index (κ3) is 3.19. The monoisotopic (exact) mass is 236 g/mol. The van der Waals surface area contributed by atoms with Crippen molar-refractivity contribution in [2.24, 2.45) is 0 Å². The van der Waals surface area contributed by atoms with E-state index in [9.17, 15) is 10.1 Å². The van der Waals surface area contributed by atoms with Gasteiger partial charge in [-0.3, -0.25) is 10.1 Å². The number of hydrogen-bond donors (Lipinski definition) is 1. The number of aryl methyl sites for hydroxylation is 1. The Hall–Kier alpha value is -1.58. The molecule has 0 spiro atoms. The average molecular weight is 236 g/mol. The molecule has 0 heterocycles. The Kier molecular flexibility index (Phi) is 4.10. The maximum Gasteiger partial charge on any atom is 0.272 e. The summed E-state index contributed by atoms with van der Waals surface area (Å²) in [6, 6.07) is 5.17. The van der Waals surface area contributed by atoms with Gasteiger partial charge in [0, 0.05) is 22.9 Å². The van der Waals surface area contributed by atoms with Gasteiger partial charge in [-0.25, -0.2) is 0 Å². The van der Waals surface area contributed by atoms with Crippen LogP contribution in [0.15, 0.2) is 18.2 Å². The summed E-state index contributed by atoms with van der Waals surface area (Å²) in [7, 11) is 0. The summed E-state index contributed by atoms with van der Waals surface area (Å²) in [5.41, 5.74) is 1.85. The Morgan fingerprint density at radius 2 is 1.94 bits per heavy atom. The second kappa shape index (κ2) is 5.17. The van der Waals surface area contributed by atoms with Crippen molar-refractivity contribution in [3.8, 4) is 0 Å². The van der Waals surface area contributed by atoms with Crippen molar-refractivity contribution in [3.63, 3.8) is 0 Å². The lowest BCUT2D eigenvalue weighted by Gasteiger charge is -2.29. The van der Waals surface area contributed by atoms with Gasteiger partial charge < -0.3 is 5.32 Å². The van der Waals surface area contributed by atoms with Gasteiger partial charge in [-0.2, -0.15) is 0 Å². The van der Waals surface area contributed by atoms with Crippen LogP contribution in [0.5, 0.6) is 0 Å². The molecule has 17 heavy (non-hydrogen) atoms. The number of rotatable bonds is 5. The summed E-state index contributed by atoms with van der Waals surface area (Å²) in [4.78, 5) is 10.4. The highest BCUT2D eigenvalue weighted by Crippen LogP contribution is 2.26. The van der Waals surface area contributed by atoms with Gasteiger partial charge in [0.25, 0.3) is 5.69 Å². The van der Waals surface area contributed by atoms with Crippen molar-refractivity contribution in [1.29, 1.82) is 0 Å². The minimum Gasteiger partial charge on any atom is -0.380 e. The van der Waals surface area contributed by atoms with Gasteiger partial charge in [0.1, 0.15) is 0 Å². The zero-order chi connectivity index (χ0) is 13.1. The first-order valence-corrected chi connectivity index (χ1v) is 5.95. The Labute approximate surface area is 102 Å². The standard InChI is InChI=1S/C13H20N2O2/c1-5-13(4,6-2)14-11-7-8-12(15(16)17)10(3)9-11/h7-9,14H,5-6H2,1-4H3. The number of nitro groups is 1. The van der Waals surface area contributed by atoms with Crippen LogP contribution in [0.3, 0.4) is 0 Å². The molecule has 1 rings (SSSR count). The molecule has 4 heteroatoms. The van der Waals surface area contributed by atoms with E-state index in [2.05, 4.69) is 26.1 Å². The summed E-state index contributed by atoms with van der Waals surface area (Å²) in [5, 5.41) is 14.2. The minimum atomic E-state index is -0.349. The summed E-state index contributed by atoms with van der Waals surface area (Å²) in [5.74, 6) is 0. The quantitative estimate of drug-likeness (QED) is 0.623. The predicted octanol–water partition coefficient (Wildman–Crippen LogP) is 3.89. The molecule has 1 N–H and O–H groups in total. The van der Waals surface area contributed by atoms with Crippen LogP contribution in [0.2, 0.25) is 0 Å². The lowest BCUT2D eigenvalue weighted by atomic mass is 9.95. The van der Waals surface area contributed by atoms with Crippen LogP contribution < -0.4 is 5.32 Å². The molecule has 0 aliphatic carbocycles. The highest BCUT2D eigenvalue weighted by Gasteiger charge is 2.19. The molecule has 0 saturated heterocycles. The summed E-state index contributed by atoms with van der Waals surface area (Å²) in [6.07, 6.45) is 2.03. The molecule has 1 aromatic carbocycles. The maximum absolute atomic E-state index is 10.7. The molecule has 0 aromatic heterocycles. The first-order valence-electron chi connectivity index (χ1n) is 5.95. The van der Waals surface area contributed by atoms with Crippen LogP contribution in [0.4, 0.5) is 11.4 Å². The number of nitrogens with zero attached hydrogens (tertiary/aromatic N) is 1. The van der Waals surface area contributed by atoms with Gasteiger partial charge in [0.05, 0.1) is 4.92 Å². The summed E-state index contributed by atoms with van der Waals surface area (Å²) >= 11 is 0. The smallest absolute Gasteiger partial charge is 0.272 e. The minimum absolute atomic E-state index is 0.0442. The van der Waals surface area contributed by atoms with E-state index in [-0.39, 0.29) is 16.1 Å². The third-order valence-electron chi connectivity index (χ3n) is 3.40. The molecule has 0 atom stereocenters. The SMILES string of the molecule is CCC(C)(CC)Nc1ccc([N+](=O)[O-])c(C)c1. The largest absolute Gasteiger partial charge is 0.380 e. The molecular formula is C13H20N2O2. The molecule has 0 unspecified atom stereocenters. The predicted molar refractivity (Wildman–Crippen MR) is 70.4 cm³/mol. The van der Waals surface area contributed by atoms with E-state index in [1.54, 1.807) is 19.1 Å². The average Bonchev–Trinajstić information content (AvgIpc) is 2.28. The molecule has 1 aromatic rings. The fourth-order valence-electron chi connectivity index (χ4n) is 1.71. The lowest BCUT2D eigenvalue weighted by Crippen LogP contribution is -2.32. The van der Waals surface area contributed by atoms with Crippen LogP contribution in [-0.4, -0.2) is 10.5 Å². The van der Waals surface area contributed by atoms with Gasteiger partial charge in [0.15, 0.2) is 0 Å². The van der Waals surface area contributed by atoms with Crippen molar-refractivity contribution < 1.29 is 4.92 Å². The van der Waals surface area contributed by atoms with Gasteiger partial charge in [-0.1, -0.05) is 13.8 Å². The second-order valence-electron chi connectivity index (χ2n) is 4.65. The van der Waals surface area contributed by atoms with Crippen molar-refractivity contribution in [3.05, 3.63) is 33.9 Å². The summed E-state index contributed by atoms with van der Waals surface area (Å²) < 4.78 is 0. The molecule has 4 nitrogen and oxygen atoms in total. The van der Waals surface area contributed by atoms with E-state index in [0.29, 0.717) is 5.56 Å². The molecule has 0 saturated carbocycles. The second-order valence-corrected chi connectivity index (χ2v) is 4.65. The van der Waals surface area contributed by atoms with Crippen molar-refractivity contribution in [1.82, 2.24) is 0 Å². The molecular weight excluding hydrogens is 216 g/mol. The molecule has 0 aliphatic heterocycles. The van der Waals surface area contributed by atoms with E-state index in [1.807, 2.05) is 6.07 Å². The number of nitrogens with one attached hydrogen (secondary N) is 1. The van der Waals surface area contributed by atoms with E-state index >= 15 is 0 Å². The van der Waals surface area contributed by atoms with Crippen LogP contribution in [-0.2, 0) is 0 Å². The van der Waals surface area contributed by atoms with Crippen molar-refractivity contribution >= 4 is 11.4 Å². The number of hydrogen-bond acceptors (Lipinski definition) is 3. The first kappa shape index (κ1) is 13.5. The Bertz CT molecular complexity index is 412. The van der Waals surface area contributed by atoms with Gasteiger partial charge in [-0.05, 0) is 38.8 Å². The number of anilines is 1. The normalized spacial score (nSPS) is 11.3. The van der Waals surface area contributed by atoms with Crippen LogP contribution in [0.1, 0.15) is 39.2 Å². The van der Waals surface area contributed by atoms with E-state index < -0.39 is 0 Å². The van der Waals surface area contributed by atoms with E-state index in [4.69, 9.17) is 0 Å². The van der Waals surface area contributed by atoms with Crippen molar-refractivity contribution in [2.45, 2.75) is 46.1 Å². The van der Waals surface area contributed by atoms with Gasteiger partial charge >= 0.3 is 0 Å². The maximum atomic E-state index is 10.7. The molecule has 0 radical (unpaired) electrons. The first-order chi connectivity index (χ1) is 7.91. The van der Waals surface area contributed by atoms with Crippen LogP contribution in [0.25, 0.3) is 0 Å². The highest BCUT2D eigenvalue weighted by molar-refractivity contribution is 5.54. The molecule has 0 bridgehead atoms. The molecule has 94 valence electrons. The van der Waals surface area contributed by atoms with Crippen LogP contribution in [0, 0.1) is 17.0 Å². The number of nitro benzene ring substituents is 1.